The third-order valence-electron chi connectivity index (χ3n) is 2.10. The quantitative estimate of drug-likeness (QED) is 0.739. The Hall–Kier alpha value is -1.29. The highest BCUT2D eigenvalue weighted by Crippen LogP contribution is 2.10. The maximum absolute atomic E-state index is 11.3. The summed E-state index contributed by atoms with van der Waals surface area (Å²) < 4.78 is 1.53. The first-order valence-electron chi connectivity index (χ1n) is 4.59. The van der Waals surface area contributed by atoms with Gasteiger partial charge in [0, 0.05) is 37.1 Å². The van der Waals surface area contributed by atoms with Crippen LogP contribution in [0.3, 0.4) is 0 Å². The maximum Gasteiger partial charge on any atom is 0.252 e. The lowest BCUT2D eigenvalue weighted by atomic mass is 10.1. The van der Waals surface area contributed by atoms with E-state index in [0.29, 0.717) is 6.54 Å². The third-order valence-corrected chi connectivity index (χ3v) is 2.10. The normalized spacial score (nSPS) is 11.4. The molecule has 0 amide bonds. The van der Waals surface area contributed by atoms with Crippen molar-refractivity contribution in [3.63, 3.8) is 0 Å². The highest BCUT2D eigenvalue weighted by molar-refractivity contribution is 5.43. The number of pyridine rings is 1. The number of hydrogen-bond donors (Lipinski definition) is 2. The van der Waals surface area contributed by atoms with E-state index in [1.165, 1.54) is 4.57 Å². The number of nitrogens with one attached hydrogen (secondary N) is 1. The highest BCUT2D eigenvalue weighted by Gasteiger charge is 2.14. The minimum Gasteiger partial charge on any atom is -0.379 e. The molecule has 4 nitrogen and oxygen atoms in total. The number of nitrogens with two attached hydrogens (primary N) is 1. The SMILES string of the molecule is Cn1ccc(NC(C)(C)CN)cc1=O. The number of nitrogens with zero attached hydrogens (tertiary/aromatic N) is 1. The number of hydrogen-bond acceptors (Lipinski definition) is 3. The van der Waals surface area contributed by atoms with E-state index in [-0.39, 0.29) is 11.1 Å². The van der Waals surface area contributed by atoms with Crippen LogP contribution >= 0.6 is 0 Å². The van der Waals surface area contributed by atoms with Crippen molar-refractivity contribution in [2.75, 3.05) is 11.9 Å². The first-order chi connectivity index (χ1) is 6.44. The van der Waals surface area contributed by atoms with E-state index < -0.39 is 0 Å². The lowest BCUT2D eigenvalue weighted by Crippen LogP contribution is -2.39. The Bertz CT molecular complexity index is 368. The van der Waals surface area contributed by atoms with Gasteiger partial charge in [-0.05, 0) is 19.9 Å². The zero-order chi connectivity index (χ0) is 10.8. The van der Waals surface area contributed by atoms with E-state index in [0.717, 1.165) is 5.69 Å². The molecule has 0 aliphatic carbocycles. The molecule has 0 saturated heterocycles. The molecule has 0 fully saturated rings. The van der Waals surface area contributed by atoms with Gasteiger partial charge in [0.2, 0.25) is 0 Å². The molecule has 1 rings (SSSR count). The molecule has 1 aromatic heterocycles. The topological polar surface area (TPSA) is 60.1 Å². The summed E-state index contributed by atoms with van der Waals surface area (Å²) in [4.78, 5) is 11.3. The monoisotopic (exact) mass is 195 g/mol. The summed E-state index contributed by atoms with van der Waals surface area (Å²) in [5.41, 5.74) is 6.17. The molecule has 0 bridgehead atoms. The van der Waals surface area contributed by atoms with Gasteiger partial charge >= 0.3 is 0 Å². The van der Waals surface area contributed by atoms with Gasteiger partial charge in [0.05, 0.1) is 0 Å². The van der Waals surface area contributed by atoms with Gasteiger partial charge in [-0.15, -0.1) is 0 Å². The molecule has 14 heavy (non-hydrogen) atoms. The van der Waals surface area contributed by atoms with Gasteiger partial charge in [-0.3, -0.25) is 4.79 Å². The molecule has 3 N–H and O–H groups in total. The summed E-state index contributed by atoms with van der Waals surface area (Å²) in [7, 11) is 1.72. The van der Waals surface area contributed by atoms with E-state index in [4.69, 9.17) is 5.73 Å². The molecule has 0 radical (unpaired) electrons. The highest BCUT2D eigenvalue weighted by atomic mass is 16.1. The molecule has 0 spiro atoms. The zero-order valence-electron chi connectivity index (χ0n) is 8.87. The van der Waals surface area contributed by atoms with Crippen LogP contribution in [-0.4, -0.2) is 16.7 Å². The minimum absolute atomic E-state index is 0.0252. The number of aromatic nitrogens is 1. The van der Waals surface area contributed by atoms with Crippen molar-refractivity contribution in [3.05, 3.63) is 28.7 Å². The molecule has 78 valence electrons. The number of rotatable bonds is 3. The van der Waals surface area contributed by atoms with Gasteiger partial charge in [0.25, 0.3) is 5.56 Å². The van der Waals surface area contributed by atoms with Crippen LogP contribution < -0.4 is 16.6 Å². The Balaban J connectivity index is 2.89. The molecule has 4 heteroatoms. The van der Waals surface area contributed by atoms with Crippen LogP contribution in [0.25, 0.3) is 0 Å². The van der Waals surface area contributed by atoms with Crippen molar-refractivity contribution in [2.45, 2.75) is 19.4 Å². The fourth-order valence-corrected chi connectivity index (χ4v) is 1.07. The lowest BCUT2D eigenvalue weighted by Gasteiger charge is -2.25. The summed E-state index contributed by atoms with van der Waals surface area (Å²) >= 11 is 0. The van der Waals surface area contributed by atoms with Gasteiger partial charge in [-0.1, -0.05) is 0 Å². The van der Waals surface area contributed by atoms with Gasteiger partial charge < -0.3 is 15.6 Å². The van der Waals surface area contributed by atoms with Crippen molar-refractivity contribution in [3.8, 4) is 0 Å². The molecule has 0 aromatic carbocycles. The summed E-state index contributed by atoms with van der Waals surface area (Å²) in [6.07, 6.45) is 1.73. The molecular formula is C10H17N3O. The maximum atomic E-state index is 11.3. The Morgan fingerprint density at radius 2 is 2.21 bits per heavy atom. The summed E-state index contributed by atoms with van der Waals surface area (Å²) in [5.74, 6) is 0. The Morgan fingerprint density at radius 3 is 2.71 bits per heavy atom. The smallest absolute Gasteiger partial charge is 0.252 e. The van der Waals surface area contributed by atoms with Crippen LogP contribution in [0, 0.1) is 0 Å². The average molecular weight is 195 g/mol. The summed E-state index contributed by atoms with van der Waals surface area (Å²) in [6.45, 7) is 4.50. The molecule has 0 aliphatic heterocycles. The second-order valence-electron chi connectivity index (χ2n) is 4.08. The predicted molar refractivity (Wildman–Crippen MR) is 58.4 cm³/mol. The second kappa shape index (κ2) is 3.84. The van der Waals surface area contributed by atoms with Crippen molar-refractivity contribution >= 4 is 5.69 Å². The molecule has 0 aliphatic rings. The first kappa shape index (κ1) is 10.8. The molecule has 0 unspecified atom stereocenters. The van der Waals surface area contributed by atoms with Gasteiger partial charge in [0.15, 0.2) is 0 Å². The molecule has 1 heterocycles. The van der Waals surface area contributed by atoms with Crippen LogP contribution in [0.15, 0.2) is 23.1 Å². The Morgan fingerprint density at radius 1 is 1.57 bits per heavy atom. The summed E-state index contributed by atoms with van der Waals surface area (Å²) in [6, 6.07) is 3.43. The second-order valence-corrected chi connectivity index (χ2v) is 4.08. The van der Waals surface area contributed by atoms with Crippen LogP contribution in [-0.2, 0) is 7.05 Å². The molecular weight excluding hydrogens is 178 g/mol. The zero-order valence-corrected chi connectivity index (χ0v) is 8.87. The van der Waals surface area contributed by atoms with Crippen LogP contribution in [0.1, 0.15) is 13.8 Å². The van der Waals surface area contributed by atoms with Gasteiger partial charge in [-0.2, -0.15) is 0 Å². The van der Waals surface area contributed by atoms with E-state index in [9.17, 15) is 4.79 Å². The van der Waals surface area contributed by atoms with Crippen LogP contribution in [0.5, 0.6) is 0 Å². The van der Waals surface area contributed by atoms with Crippen LogP contribution in [0.2, 0.25) is 0 Å². The average Bonchev–Trinajstić information content (AvgIpc) is 2.11. The Labute approximate surface area is 83.7 Å². The van der Waals surface area contributed by atoms with Gasteiger partial charge in [-0.25, -0.2) is 0 Å². The number of anilines is 1. The first-order valence-corrected chi connectivity index (χ1v) is 4.59. The van der Waals surface area contributed by atoms with E-state index in [1.54, 1.807) is 19.3 Å². The predicted octanol–water partition coefficient (Wildman–Crippen LogP) is 0.535. The van der Waals surface area contributed by atoms with Crippen LogP contribution in [0.4, 0.5) is 5.69 Å². The fraction of sp³-hybridized carbons (Fsp3) is 0.500. The lowest BCUT2D eigenvalue weighted by molar-refractivity contribution is 0.579. The van der Waals surface area contributed by atoms with Gasteiger partial charge in [0.1, 0.15) is 0 Å². The standard InChI is InChI=1S/C10H17N3O/c1-10(2,7-11)12-8-4-5-13(3)9(14)6-8/h4-6,12H,7,11H2,1-3H3. The van der Waals surface area contributed by atoms with Crippen molar-refractivity contribution in [1.29, 1.82) is 0 Å². The van der Waals surface area contributed by atoms with E-state index in [2.05, 4.69) is 5.32 Å². The van der Waals surface area contributed by atoms with Crippen molar-refractivity contribution in [1.82, 2.24) is 4.57 Å². The molecule has 0 atom stereocenters. The van der Waals surface area contributed by atoms with E-state index in [1.807, 2.05) is 19.9 Å². The summed E-state index contributed by atoms with van der Waals surface area (Å²) in [5, 5.41) is 3.20. The molecule has 0 saturated carbocycles. The van der Waals surface area contributed by atoms with E-state index >= 15 is 0 Å². The minimum atomic E-state index is -0.188. The largest absolute Gasteiger partial charge is 0.379 e. The third kappa shape index (κ3) is 2.60. The van der Waals surface area contributed by atoms with Crippen molar-refractivity contribution < 1.29 is 0 Å². The Kier molecular flexibility index (Phi) is 2.96. The fourth-order valence-electron chi connectivity index (χ4n) is 1.07. The molecule has 1 aromatic rings. The van der Waals surface area contributed by atoms with Crippen molar-refractivity contribution in [2.24, 2.45) is 12.8 Å². The number of aryl methyl sites for hydroxylation is 1.